The van der Waals surface area contributed by atoms with Gasteiger partial charge in [-0.05, 0) is 43.1 Å². The van der Waals surface area contributed by atoms with Crippen molar-refractivity contribution < 1.29 is 17.9 Å². The van der Waals surface area contributed by atoms with Gasteiger partial charge in [0.05, 0.1) is 29.7 Å². The molecule has 1 fully saturated rings. The number of H-pyrrole nitrogens is 1. The highest BCUT2D eigenvalue weighted by Gasteiger charge is 2.35. The molecule has 0 aliphatic carbocycles. The number of aromatic amines is 1. The van der Waals surface area contributed by atoms with E-state index in [1.54, 1.807) is 0 Å². The summed E-state index contributed by atoms with van der Waals surface area (Å²) < 4.78 is 50.4. The number of hydrogen-bond donors (Lipinski definition) is 2. The van der Waals surface area contributed by atoms with Gasteiger partial charge >= 0.3 is 11.9 Å². The lowest BCUT2D eigenvalue weighted by atomic mass is 9.99. The first kappa shape index (κ1) is 19.6. The van der Waals surface area contributed by atoms with Crippen LogP contribution in [0.1, 0.15) is 24.4 Å². The van der Waals surface area contributed by atoms with Crippen LogP contribution in [-0.4, -0.2) is 44.3 Å². The van der Waals surface area contributed by atoms with Gasteiger partial charge in [-0.2, -0.15) is 18.3 Å². The molecule has 5 rings (SSSR count). The lowest BCUT2D eigenvalue weighted by Gasteiger charge is -2.24. The van der Waals surface area contributed by atoms with Gasteiger partial charge in [-0.1, -0.05) is 0 Å². The van der Waals surface area contributed by atoms with Crippen LogP contribution >= 0.6 is 0 Å². The van der Waals surface area contributed by atoms with Crippen molar-refractivity contribution in [3.8, 4) is 16.9 Å². The van der Waals surface area contributed by atoms with E-state index in [-0.39, 0.29) is 22.7 Å². The van der Waals surface area contributed by atoms with Crippen molar-refractivity contribution in [1.82, 2.24) is 29.5 Å². The molecule has 3 aromatic heterocycles. The van der Waals surface area contributed by atoms with Gasteiger partial charge in [-0.25, -0.2) is 14.3 Å². The fourth-order valence-electron chi connectivity index (χ4n) is 4.26. The van der Waals surface area contributed by atoms with Crippen LogP contribution in [0.2, 0.25) is 0 Å². The second-order valence-corrected chi connectivity index (χ2v) is 7.54. The zero-order chi connectivity index (χ0) is 21.8. The summed E-state index contributed by atoms with van der Waals surface area (Å²) in [5.41, 5.74) is -0.107. The van der Waals surface area contributed by atoms with Gasteiger partial charge in [0.25, 0.3) is 0 Å². The molecule has 1 aromatic carbocycles. The molecule has 0 unspecified atom stereocenters. The first-order chi connectivity index (χ1) is 14.9. The van der Waals surface area contributed by atoms with Crippen molar-refractivity contribution >= 4 is 16.7 Å². The summed E-state index contributed by atoms with van der Waals surface area (Å²) in [6.07, 6.45) is -0.293. The molecule has 0 bridgehead atoms. The maximum Gasteiger partial charge on any atom is 0.417 e. The second kappa shape index (κ2) is 7.12. The number of fused-ring (bicyclic) bond motifs is 2. The summed E-state index contributed by atoms with van der Waals surface area (Å²) in [7, 11) is 1.41. The van der Waals surface area contributed by atoms with Gasteiger partial charge in [0.1, 0.15) is 6.33 Å². The SMILES string of the molecule is COc1cc(-c2cc3[nH]c(=O)n([C@@H]4CCCNC4)c3cc2C(F)(F)F)cn2ncnc12. The highest BCUT2D eigenvalue weighted by molar-refractivity contribution is 5.85. The van der Waals surface area contributed by atoms with Gasteiger partial charge in [-0.15, -0.1) is 0 Å². The summed E-state index contributed by atoms with van der Waals surface area (Å²) in [4.78, 5) is 19.4. The minimum absolute atomic E-state index is 0.0779. The number of ether oxygens (including phenoxy) is 1. The van der Waals surface area contributed by atoms with Crippen molar-refractivity contribution in [3.63, 3.8) is 0 Å². The monoisotopic (exact) mass is 432 g/mol. The fourth-order valence-corrected chi connectivity index (χ4v) is 4.26. The van der Waals surface area contributed by atoms with Crippen LogP contribution < -0.4 is 15.7 Å². The predicted octanol–water partition coefficient (Wildman–Crippen LogP) is 2.99. The van der Waals surface area contributed by atoms with Crippen LogP contribution in [0.15, 0.2) is 35.5 Å². The van der Waals surface area contributed by atoms with Crippen molar-refractivity contribution in [2.24, 2.45) is 0 Å². The Morgan fingerprint density at radius 3 is 2.81 bits per heavy atom. The minimum Gasteiger partial charge on any atom is -0.493 e. The van der Waals surface area contributed by atoms with E-state index < -0.39 is 17.4 Å². The predicted molar refractivity (Wildman–Crippen MR) is 107 cm³/mol. The molecule has 4 heterocycles. The zero-order valence-electron chi connectivity index (χ0n) is 16.5. The molecule has 2 N–H and O–H groups in total. The Kier molecular flexibility index (Phi) is 4.50. The fraction of sp³-hybridized carbons (Fsp3) is 0.350. The third kappa shape index (κ3) is 3.25. The summed E-state index contributed by atoms with van der Waals surface area (Å²) in [6.45, 7) is 1.37. The molecule has 4 aromatic rings. The molecule has 1 atom stereocenters. The average Bonchev–Trinajstić information content (AvgIpc) is 3.35. The quantitative estimate of drug-likeness (QED) is 0.520. The number of methoxy groups -OCH3 is 1. The molecule has 0 radical (unpaired) electrons. The molecular weight excluding hydrogens is 413 g/mol. The molecule has 8 nitrogen and oxygen atoms in total. The van der Waals surface area contributed by atoms with Crippen LogP contribution in [-0.2, 0) is 6.18 Å². The Labute approximate surface area is 173 Å². The maximum absolute atomic E-state index is 14.1. The molecule has 11 heteroatoms. The van der Waals surface area contributed by atoms with Crippen molar-refractivity contribution in [2.75, 3.05) is 20.2 Å². The summed E-state index contributed by atoms with van der Waals surface area (Å²) >= 11 is 0. The molecule has 0 spiro atoms. The smallest absolute Gasteiger partial charge is 0.417 e. The maximum atomic E-state index is 14.1. The summed E-state index contributed by atoms with van der Waals surface area (Å²) in [5.74, 6) is 0.294. The van der Waals surface area contributed by atoms with E-state index in [4.69, 9.17) is 4.74 Å². The number of alkyl halides is 3. The number of pyridine rings is 1. The lowest BCUT2D eigenvalue weighted by molar-refractivity contribution is -0.137. The molecular formula is C20H19F3N6O2. The molecule has 1 aliphatic rings. The Morgan fingerprint density at radius 1 is 1.26 bits per heavy atom. The molecule has 1 aliphatic heterocycles. The standard InChI is InChI=1S/C20H19F3N6O2/c1-31-17-5-11(9-28-18(17)25-10-26-28)13-6-15-16(7-14(13)20(21,22)23)29(19(30)27-15)12-3-2-4-24-8-12/h5-7,9-10,12,24H,2-4,8H2,1H3,(H,27,30)/t12-/m1/s1. The van der Waals surface area contributed by atoms with Crippen LogP contribution in [0, 0.1) is 0 Å². The van der Waals surface area contributed by atoms with E-state index in [2.05, 4.69) is 20.4 Å². The van der Waals surface area contributed by atoms with E-state index in [9.17, 15) is 18.0 Å². The Hall–Kier alpha value is -3.34. The Morgan fingerprint density at radius 2 is 2.10 bits per heavy atom. The molecule has 162 valence electrons. The number of piperidine rings is 1. The third-order valence-corrected chi connectivity index (χ3v) is 5.67. The normalized spacial score (nSPS) is 17.5. The van der Waals surface area contributed by atoms with Crippen LogP contribution in [0.3, 0.4) is 0 Å². The minimum atomic E-state index is -4.63. The highest BCUT2D eigenvalue weighted by atomic mass is 19.4. The first-order valence-corrected chi connectivity index (χ1v) is 9.80. The van der Waals surface area contributed by atoms with Gasteiger partial charge in [0.2, 0.25) is 0 Å². The first-order valence-electron chi connectivity index (χ1n) is 9.80. The van der Waals surface area contributed by atoms with Crippen molar-refractivity contribution in [3.05, 3.63) is 46.8 Å². The van der Waals surface area contributed by atoms with Crippen molar-refractivity contribution in [1.29, 1.82) is 0 Å². The molecule has 1 saturated heterocycles. The average molecular weight is 432 g/mol. The third-order valence-electron chi connectivity index (χ3n) is 5.67. The van der Waals surface area contributed by atoms with Gasteiger partial charge in [0, 0.05) is 18.3 Å². The largest absolute Gasteiger partial charge is 0.493 e. The Bertz CT molecular complexity index is 1330. The van der Waals surface area contributed by atoms with Gasteiger partial charge in [0.15, 0.2) is 11.4 Å². The number of rotatable bonds is 3. The summed E-state index contributed by atoms with van der Waals surface area (Å²) in [5, 5.41) is 7.22. The van der Waals surface area contributed by atoms with Gasteiger partial charge < -0.3 is 15.0 Å². The van der Waals surface area contributed by atoms with Gasteiger partial charge in [-0.3, -0.25) is 4.57 Å². The van der Waals surface area contributed by atoms with Crippen LogP contribution in [0.5, 0.6) is 5.75 Å². The van der Waals surface area contributed by atoms with E-state index in [0.717, 1.165) is 25.5 Å². The van der Waals surface area contributed by atoms with E-state index in [1.165, 1.54) is 40.8 Å². The molecule has 31 heavy (non-hydrogen) atoms. The Balaban J connectivity index is 1.76. The number of hydrogen-bond acceptors (Lipinski definition) is 5. The van der Waals surface area contributed by atoms with Crippen molar-refractivity contribution in [2.45, 2.75) is 25.1 Å². The second-order valence-electron chi connectivity index (χ2n) is 7.54. The van der Waals surface area contributed by atoms with E-state index in [1.807, 2.05) is 0 Å². The number of halogens is 3. The topological polar surface area (TPSA) is 89.2 Å². The number of benzene rings is 1. The molecule has 0 amide bonds. The number of nitrogens with zero attached hydrogens (tertiary/aromatic N) is 4. The number of aromatic nitrogens is 5. The number of nitrogens with one attached hydrogen (secondary N) is 2. The summed E-state index contributed by atoms with van der Waals surface area (Å²) in [6, 6.07) is 3.70. The zero-order valence-corrected chi connectivity index (χ0v) is 16.5. The van der Waals surface area contributed by atoms with E-state index >= 15 is 0 Å². The van der Waals surface area contributed by atoms with Crippen LogP contribution in [0.4, 0.5) is 13.2 Å². The van der Waals surface area contributed by atoms with Crippen LogP contribution in [0.25, 0.3) is 27.8 Å². The number of imidazole rings is 1. The molecule has 0 saturated carbocycles. The van der Waals surface area contributed by atoms with E-state index in [0.29, 0.717) is 23.5 Å². The highest BCUT2D eigenvalue weighted by Crippen LogP contribution is 2.40. The lowest BCUT2D eigenvalue weighted by Crippen LogP contribution is -2.35.